The van der Waals surface area contributed by atoms with Crippen LogP contribution in [0, 0.1) is 0 Å². The SMILES string of the molecule is c1ccc(-c2ccc(-c3ccccc3)n2-c2ccc3c(-c4cccc5ccccc45)c4cc(-n5c(-c6ccccc6)ccc5-c5ccccc5)ccc4c(-c4ccc5c(c4)C4(c6ccccc6-c6ccccc64)c4ccccc4-5)c3c2)cc1. The Morgan fingerprint density at radius 3 is 1.06 bits per heavy atom. The number of fused-ring (bicyclic) bond motifs is 13. The Morgan fingerprint density at radius 2 is 0.578 bits per heavy atom. The second-order valence-electron chi connectivity index (χ2n) is 22.2. The lowest BCUT2D eigenvalue weighted by Crippen LogP contribution is -2.25. The van der Waals surface area contributed by atoms with Crippen molar-refractivity contribution >= 4 is 32.3 Å². The van der Waals surface area contributed by atoms with Gasteiger partial charge in [-0.05, 0) is 176 Å². The summed E-state index contributed by atoms with van der Waals surface area (Å²) in [6, 6.07) is 118. The van der Waals surface area contributed by atoms with Crippen LogP contribution in [0.4, 0.5) is 0 Å². The molecule has 15 aromatic rings. The van der Waals surface area contributed by atoms with Crippen LogP contribution in [0.15, 0.2) is 315 Å². The van der Waals surface area contributed by atoms with Crippen LogP contribution in [0.25, 0.3) is 133 Å². The third-order valence-corrected chi connectivity index (χ3v) is 18.0. The summed E-state index contributed by atoms with van der Waals surface area (Å²) in [5.74, 6) is 0. The number of aromatic nitrogens is 2. The van der Waals surface area contributed by atoms with Crippen LogP contribution < -0.4 is 0 Å². The Kier molecular flexibility index (Phi) is 10.6. The van der Waals surface area contributed by atoms with E-state index in [0.717, 1.165) is 56.4 Å². The Morgan fingerprint density at radius 1 is 0.205 bits per heavy atom. The monoisotopic (exact) mass is 1050 g/mol. The molecular weight excluding hydrogens is 1000 g/mol. The van der Waals surface area contributed by atoms with E-state index < -0.39 is 5.41 Å². The molecule has 0 saturated carbocycles. The number of benzene rings is 13. The molecule has 2 nitrogen and oxygen atoms in total. The minimum Gasteiger partial charge on any atom is -0.309 e. The van der Waals surface area contributed by atoms with Crippen molar-refractivity contribution in [2.45, 2.75) is 5.41 Å². The minimum absolute atomic E-state index is 0.516. The third kappa shape index (κ3) is 7.03. The van der Waals surface area contributed by atoms with Crippen LogP contribution in [0.5, 0.6) is 0 Å². The van der Waals surface area contributed by atoms with E-state index in [9.17, 15) is 0 Å². The number of hydrogen-bond donors (Lipinski definition) is 0. The predicted molar refractivity (Wildman–Crippen MR) is 347 cm³/mol. The van der Waals surface area contributed by atoms with Gasteiger partial charge in [-0.25, -0.2) is 0 Å². The highest BCUT2D eigenvalue weighted by molar-refractivity contribution is 6.24. The van der Waals surface area contributed by atoms with Crippen molar-refractivity contribution in [3.05, 3.63) is 338 Å². The Hall–Kier alpha value is -10.8. The number of rotatable bonds is 8. The second-order valence-corrected chi connectivity index (χ2v) is 22.2. The van der Waals surface area contributed by atoms with Crippen molar-refractivity contribution < 1.29 is 0 Å². The Balaban J connectivity index is 1.02. The van der Waals surface area contributed by atoms with Gasteiger partial charge < -0.3 is 9.13 Å². The van der Waals surface area contributed by atoms with Crippen LogP contribution >= 0.6 is 0 Å². The molecule has 2 heteroatoms. The van der Waals surface area contributed by atoms with Gasteiger partial charge in [0.15, 0.2) is 0 Å². The van der Waals surface area contributed by atoms with Gasteiger partial charge in [-0.1, -0.05) is 261 Å². The summed E-state index contributed by atoms with van der Waals surface area (Å²) in [5, 5.41) is 7.17. The molecule has 386 valence electrons. The Labute approximate surface area is 482 Å². The standard InChI is InChI=1S/C81H52N2/c1-5-23-54(24-6-1)75-46-47-76(55-25-7-2-8-26-55)82(75)59-42-45-68-69(51-59)79(58-40-43-65-64-35-17-20-39-73(64)81(74(65)50-58)71-37-18-15-33-62(71)63-34-16-19-38-72(63)81)67-44-41-60(52-70(67)80(68)66-36-21-31-53-22-13-14-32-61(53)66)83-77(56-27-9-3-10-28-56)48-49-78(83)57-29-11-4-12-30-57/h1-52H. The maximum absolute atomic E-state index is 2.58. The van der Waals surface area contributed by atoms with Gasteiger partial charge in [0.05, 0.1) is 28.2 Å². The average Bonchev–Trinajstić information content (AvgIpc) is 1.64. The molecule has 17 rings (SSSR count). The molecule has 0 fully saturated rings. The fraction of sp³-hybridized carbons (Fsp3) is 0.0123. The van der Waals surface area contributed by atoms with Gasteiger partial charge in [-0.3, -0.25) is 0 Å². The second kappa shape index (κ2) is 18.6. The van der Waals surface area contributed by atoms with Crippen molar-refractivity contribution in [2.24, 2.45) is 0 Å². The molecule has 0 unspecified atom stereocenters. The molecule has 0 N–H and O–H groups in total. The smallest absolute Gasteiger partial charge is 0.0725 e. The fourth-order valence-corrected chi connectivity index (χ4v) is 14.5. The normalized spacial score (nSPS) is 12.7. The van der Waals surface area contributed by atoms with Gasteiger partial charge in [-0.15, -0.1) is 0 Å². The van der Waals surface area contributed by atoms with E-state index in [4.69, 9.17) is 0 Å². The first-order valence-electron chi connectivity index (χ1n) is 28.8. The highest BCUT2D eigenvalue weighted by Crippen LogP contribution is 2.63. The molecule has 83 heavy (non-hydrogen) atoms. The van der Waals surface area contributed by atoms with Crippen LogP contribution in [-0.4, -0.2) is 9.13 Å². The van der Waals surface area contributed by atoms with Gasteiger partial charge in [0, 0.05) is 11.4 Å². The maximum atomic E-state index is 2.58. The van der Waals surface area contributed by atoms with Crippen LogP contribution in [0.3, 0.4) is 0 Å². The number of nitrogens with zero attached hydrogens (tertiary/aromatic N) is 2. The van der Waals surface area contributed by atoms with Gasteiger partial charge >= 0.3 is 0 Å². The van der Waals surface area contributed by atoms with E-state index >= 15 is 0 Å². The lowest BCUT2D eigenvalue weighted by Gasteiger charge is -2.31. The quantitative estimate of drug-likeness (QED) is 0.134. The molecule has 2 aliphatic carbocycles. The molecule has 0 aliphatic heterocycles. The van der Waals surface area contributed by atoms with E-state index in [1.165, 1.54) is 99.1 Å². The molecule has 2 aliphatic rings. The summed E-state index contributed by atoms with van der Waals surface area (Å²) in [6.45, 7) is 0. The van der Waals surface area contributed by atoms with E-state index in [1.807, 2.05) is 0 Å². The summed E-state index contributed by atoms with van der Waals surface area (Å²) >= 11 is 0. The van der Waals surface area contributed by atoms with Crippen LogP contribution in [0.1, 0.15) is 22.3 Å². The zero-order chi connectivity index (χ0) is 54.6. The van der Waals surface area contributed by atoms with Crippen molar-refractivity contribution in [2.75, 3.05) is 0 Å². The highest BCUT2D eigenvalue weighted by Gasteiger charge is 2.51. The molecule has 2 aromatic heterocycles. The van der Waals surface area contributed by atoms with E-state index in [-0.39, 0.29) is 0 Å². The molecule has 1 spiro atoms. The first-order chi connectivity index (χ1) is 41.2. The average molecular weight is 1050 g/mol. The van der Waals surface area contributed by atoms with Crippen molar-refractivity contribution in [3.8, 4) is 101 Å². The third-order valence-electron chi connectivity index (χ3n) is 18.0. The zero-order valence-electron chi connectivity index (χ0n) is 45.4. The van der Waals surface area contributed by atoms with Gasteiger partial charge in [-0.2, -0.15) is 0 Å². The highest BCUT2D eigenvalue weighted by atomic mass is 15.0. The molecular formula is C81H52N2. The first kappa shape index (κ1) is 47.1. The summed E-state index contributed by atoms with van der Waals surface area (Å²) in [7, 11) is 0. The first-order valence-corrected chi connectivity index (χ1v) is 28.8. The van der Waals surface area contributed by atoms with Crippen molar-refractivity contribution in [3.63, 3.8) is 0 Å². The summed E-state index contributed by atoms with van der Waals surface area (Å²) in [6.07, 6.45) is 0. The summed E-state index contributed by atoms with van der Waals surface area (Å²) < 4.78 is 4.94. The largest absolute Gasteiger partial charge is 0.309 e. The molecule has 0 amide bonds. The van der Waals surface area contributed by atoms with Crippen LogP contribution in [0.2, 0.25) is 0 Å². The fourth-order valence-electron chi connectivity index (χ4n) is 14.5. The molecule has 13 aromatic carbocycles. The molecule has 0 bridgehead atoms. The number of hydrogen-bond acceptors (Lipinski definition) is 0. The summed E-state index contributed by atoms with van der Waals surface area (Å²) in [4.78, 5) is 0. The zero-order valence-corrected chi connectivity index (χ0v) is 45.4. The molecule has 2 heterocycles. The lowest BCUT2D eigenvalue weighted by molar-refractivity contribution is 0.794. The topological polar surface area (TPSA) is 9.86 Å². The predicted octanol–water partition coefficient (Wildman–Crippen LogP) is 21.1. The van der Waals surface area contributed by atoms with E-state index in [1.54, 1.807) is 0 Å². The minimum atomic E-state index is -0.516. The van der Waals surface area contributed by atoms with Crippen molar-refractivity contribution in [1.29, 1.82) is 0 Å². The Bertz CT molecular complexity index is 4880. The molecule has 0 saturated heterocycles. The van der Waals surface area contributed by atoms with Gasteiger partial charge in [0.1, 0.15) is 0 Å². The lowest BCUT2D eigenvalue weighted by atomic mass is 9.70. The summed E-state index contributed by atoms with van der Waals surface area (Å²) in [5.41, 5.74) is 26.1. The molecule has 0 atom stereocenters. The van der Waals surface area contributed by atoms with E-state index in [0.29, 0.717) is 0 Å². The van der Waals surface area contributed by atoms with Gasteiger partial charge in [0.25, 0.3) is 0 Å². The van der Waals surface area contributed by atoms with Crippen LogP contribution in [-0.2, 0) is 5.41 Å². The van der Waals surface area contributed by atoms with Gasteiger partial charge in [0.2, 0.25) is 0 Å². The maximum Gasteiger partial charge on any atom is 0.0725 e. The van der Waals surface area contributed by atoms with E-state index in [2.05, 4.69) is 325 Å². The van der Waals surface area contributed by atoms with Crippen molar-refractivity contribution in [1.82, 2.24) is 9.13 Å². The molecule has 0 radical (unpaired) electrons.